The zero-order chi connectivity index (χ0) is 15.2. The van der Waals surface area contributed by atoms with Gasteiger partial charge in [0.1, 0.15) is 0 Å². The number of thiocarbonyl (C=S) groups is 1. The van der Waals surface area contributed by atoms with Crippen molar-refractivity contribution in [3.8, 4) is 0 Å². The van der Waals surface area contributed by atoms with E-state index < -0.39 is 0 Å². The fourth-order valence-corrected chi connectivity index (χ4v) is 2.65. The van der Waals surface area contributed by atoms with Gasteiger partial charge in [-0.1, -0.05) is 23.8 Å². The summed E-state index contributed by atoms with van der Waals surface area (Å²) in [5.74, 6) is 0. The number of anilines is 1. The molecule has 1 fully saturated rings. The Labute approximate surface area is 134 Å². The second kappa shape index (κ2) is 7.59. The third-order valence-electron chi connectivity index (χ3n) is 3.40. The maximum atomic E-state index is 11.9. The molecule has 2 amide bonds. The Hall–Kier alpha value is -1.37. The van der Waals surface area contributed by atoms with Gasteiger partial charge in [-0.2, -0.15) is 0 Å². The summed E-state index contributed by atoms with van der Waals surface area (Å²) in [6.45, 7) is 2.44. The predicted molar refractivity (Wildman–Crippen MR) is 89.9 cm³/mol. The standard InChI is InChI=1S/C14H19ClN4OS/c15-10-1-3-11(4-2-10)17-14(20)18-12-5-7-19(8-6-12)9-13(16)21/h1-4,12H,5-9H2,(H2,16,21)(H2,17,18,20). The van der Waals surface area contributed by atoms with Crippen molar-refractivity contribution in [1.29, 1.82) is 0 Å². The van der Waals surface area contributed by atoms with Crippen LogP contribution in [-0.4, -0.2) is 41.6 Å². The molecule has 0 aliphatic carbocycles. The molecule has 0 aromatic heterocycles. The highest BCUT2D eigenvalue weighted by molar-refractivity contribution is 7.80. The van der Waals surface area contributed by atoms with Crippen molar-refractivity contribution in [2.75, 3.05) is 25.0 Å². The highest BCUT2D eigenvalue weighted by Crippen LogP contribution is 2.14. The van der Waals surface area contributed by atoms with E-state index in [1.54, 1.807) is 24.3 Å². The Morgan fingerprint density at radius 3 is 2.52 bits per heavy atom. The molecule has 0 radical (unpaired) electrons. The average molecular weight is 327 g/mol. The average Bonchev–Trinajstić information content (AvgIpc) is 2.43. The number of carbonyl (C=O) groups excluding carboxylic acids is 1. The lowest BCUT2D eigenvalue weighted by Crippen LogP contribution is -2.47. The number of rotatable bonds is 4. The SMILES string of the molecule is NC(=S)CN1CCC(NC(=O)Nc2ccc(Cl)cc2)CC1. The van der Waals surface area contributed by atoms with E-state index >= 15 is 0 Å². The molecule has 5 nitrogen and oxygen atoms in total. The van der Waals surface area contributed by atoms with Gasteiger partial charge in [0, 0.05) is 36.4 Å². The molecular weight excluding hydrogens is 308 g/mol. The van der Waals surface area contributed by atoms with E-state index in [0.717, 1.165) is 31.6 Å². The largest absolute Gasteiger partial charge is 0.392 e. The van der Waals surface area contributed by atoms with Crippen LogP contribution in [0.1, 0.15) is 12.8 Å². The minimum absolute atomic E-state index is 0.180. The van der Waals surface area contributed by atoms with Crippen molar-refractivity contribution < 1.29 is 4.79 Å². The first-order valence-corrected chi connectivity index (χ1v) is 7.65. The summed E-state index contributed by atoms with van der Waals surface area (Å²) in [6, 6.07) is 7.01. The van der Waals surface area contributed by atoms with E-state index in [1.165, 1.54) is 0 Å². The molecule has 7 heteroatoms. The zero-order valence-corrected chi connectivity index (χ0v) is 13.2. The van der Waals surface area contributed by atoms with Crippen LogP contribution in [0.25, 0.3) is 0 Å². The highest BCUT2D eigenvalue weighted by atomic mass is 35.5. The fourth-order valence-electron chi connectivity index (χ4n) is 2.34. The van der Waals surface area contributed by atoms with Crippen molar-refractivity contribution in [3.63, 3.8) is 0 Å². The second-order valence-electron chi connectivity index (χ2n) is 5.12. The molecule has 1 aromatic rings. The summed E-state index contributed by atoms with van der Waals surface area (Å²) in [5.41, 5.74) is 6.26. The molecule has 0 unspecified atom stereocenters. The van der Waals surface area contributed by atoms with E-state index in [9.17, 15) is 4.79 Å². The minimum Gasteiger partial charge on any atom is -0.392 e. The number of urea groups is 1. The fraction of sp³-hybridized carbons (Fsp3) is 0.429. The molecule has 0 atom stereocenters. The first-order valence-electron chi connectivity index (χ1n) is 6.86. The summed E-state index contributed by atoms with van der Waals surface area (Å²) in [4.78, 5) is 14.6. The number of halogens is 1. The van der Waals surface area contributed by atoms with Crippen LogP contribution >= 0.6 is 23.8 Å². The number of nitrogens with one attached hydrogen (secondary N) is 2. The summed E-state index contributed by atoms with van der Waals surface area (Å²) in [5, 5.41) is 6.42. The van der Waals surface area contributed by atoms with Gasteiger partial charge in [0.2, 0.25) is 0 Å². The minimum atomic E-state index is -0.190. The van der Waals surface area contributed by atoms with Crippen molar-refractivity contribution >= 4 is 40.5 Å². The first-order chi connectivity index (χ1) is 10.0. The Balaban J connectivity index is 1.74. The first kappa shape index (κ1) is 16.0. The van der Waals surface area contributed by atoms with Crippen LogP contribution in [0.4, 0.5) is 10.5 Å². The summed E-state index contributed by atoms with van der Waals surface area (Å²) in [7, 11) is 0. The van der Waals surface area contributed by atoms with Gasteiger partial charge in [0.05, 0.1) is 4.99 Å². The zero-order valence-electron chi connectivity index (χ0n) is 11.6. The van der Waals surface area contributed by atoms with Crippen molar-refractivity contribution in [1.82, 2.24) is 10.2 Å². The third-order valence-corrected chi connectivity index (χ3v) is 3.79. The molecule has 21 heavy (non-hydrogen) atoms. The summed E-state index contributed by atoms with van der Waals surface area (Å²) < 4.78 is 0. The van der Waals surface area contributed by atoms with E-state index in [-0.39, 0.29) is 12.1 Å². The number of nitrogens with two attached hydrogens (primary N) is 1. The topological polar surface area (TPSA) is 70.4 Å². The van der Waals surface area contributed by atoms with Crippen LogP contribution in [0.5, 0.6) is 0 Å². The number of hydrogen-bond donors (Lipinski definition) is 3. The Morgan fingerprint density at radius 1 is 1.33 bits per heavy atom. The second-order valence-corrected chi connectivity index (χ2v) is 6.08. The summed E-state index contributed by atoms with van der Waals surface area (Å²) in [6.07, 6.45) is 1.80. The maximum absolute atomic E-state index is 11.9. The van der Waals surface area contributed by atoms with Gasteiger partial charge >= 0.3 is 6.03 Å². The van der Waals surface area contributed by atoms with E-state index in [0.29, 0.717) is 16.6 Å². The number of carbonyl (C=O) groups is 1. The molecule has 1 aromatic carbocycles. The number of nitrogens with zero attached hydrogens (tertiary/aromatic N) is 1. The molecule has 0 saturated carbocycles. The van der Waals surface area contributed by atoms with Crippen molar-refractivity contribution in [2.24, 2.45) is 5.73 Å². The number of benzene rings is 1. The van der Waals surface area contributed by atoms with Crippen LogP contribution in [0.2, 0.25) is 5.02 Å². The Morgan fingerprint density at radius 2 is 1.95 bits per heavy atom. The molecule has 4 N–H and O–H groups in total. The van der Waals surface area contributed by atoms with Gasteiger partial charge in [-0.25, -0.2) is 4.79 Å². The molecule has 0 bridgehead atoms. The highest BCUT2D eigenvalue weighted by Gasteiger charge is 2.20. The molecule has 1 aliphatic rings. The van der Waals surface area contributed by atoms with Crippen LogP contribution < -0.4 is 16.4 Å². The van der Waals surface area contributed by atoms with Gasteiger partial charge in [0.25, 0.3) is 0 Å². The predicted octanol–water partition coefficient (Wildman–Crippen LogP) is 2.21. The number of likely N-dealkylation sites (tertiary alicyclic amines) is 1. The molecule has 0 spiro atoms. The Kier molecular flexibility index (Phi) is 5.78. The normalized spacial score (nSPS) is 16.4. The van der Waals surface area contributed by atoms with Crippen molar-refractivity contribution in [2.45, 2.75) is 18.9 Å². The van der Waals surface area contributed by atoms with Crippen LogP contribution in [0, 0.1) is 0 Å². The van der Waals surface area contributed by atoms with E-state index in [2.05, 4.69) is 15.5 Å². The molecular formula is C14H19ClN4OS. The van der Waals surface area contributed by atoms with Crippen LogP contribution in [0.15, 0.2) is 24.3 Å². The van der Waals surface area contributed by atoms with E-state index in [1.807, 2.05) is 0 Å². The quantitative estimate of drug-likeness (QED) is 0.742. The molecule has 1 heterocycles. The smallest absolute Gasteiger partial charge is 0.319 e. The summed E-state index contributed by atoms with van der Waals surface area (Å²) >= 11 is 10.7. The number of amides is 2. The van der Waals surface area contributed by atoms with Gasteiger partial charge < -0.3 is 16.4 Å². The lowest BCUT2D eigenvalue weighted by atomic mass is 10.1. The van der Waals surface area contributed by atoms with Gasteiger partial charge in [-0.3, -0.25) is 4.90 Å². The van der Waals surface area contributed by atoms with Gasteiger partial charge in [0.15, 0.2) is 0 Å². The van der Waals surface area contributed by atoms with Crippen LogP contribution in [0.3, 0.4) is 0 Å². The Bertz CT molecular complexity index is 500. The van der Waals surface area contributed by atoms with Gasteiger partial charge in [-0.15, -0.1) is 0 Å². The third kappa shape index (κ3) is 5.49. The van der Waals surface area contributed by atoms with Crippen molar-refractivity contribution in [3.05, 3.63) is 29.3 Å². The molecule has 2 rings (SSSR count). The monoisotopic (exact) mass is 326 g/mol. The van der Waals surface area contributed by atoms with E-state index in [4.69, 9.17) is 29.6 Å². The van der Waals surface area contributed by atoms with Crippen LogP contribution in [-0.2, 0) is 0 Å². The lowest BCUT2D eigenvalue weighted by Gasteiger charge is -2.31. The lowest BCUT2D eigenvalue weighted by molar-refractivity contribution is 0.213. The van der Waals surface area contributed by atoms with Gasteiger partial charge in [-0.05, 0) is 37.1 Å². The number of piperidine rings is 1. The molecule has 1 saturated heterocycles. The number of hydrogen-bond acceptors (Lipinski definition) is 3. The maximum Gasteiger partial charge on any atom is 0.319 e. The molecule has 114 valence electrons. The molecule has 1 aliphatic heterocycles.